The lowest BCUT2D eigenvalue weighted by atomic mass is 10.2. The zero-order valence-electron chi connectivity index (χ0n) is 11.2. The molecule has 0 radical (unpaired) electrons. The molecular formula is C14H24N2O. The van der Waals surface area contributed by atoms with E-state index in [4.69, 9.17) is 4.42 Å². The molecule has 0 aliphatic heterocycles. The Morgan fingerprint density at radius 1 is 1.41 bits per heavy atom. The molecule has 1 aliphatic carbocycles. The van der Waals surface area contributed by atoms with E-state index < -0.39 is 0 Å². The number of hydrogen-bond acceptors (Lipinski definition) is 3. The summed E-state index contributed by atoms with van der Waals surface area (Å²) in [4.78, 5) is 2.33. The van der Waals surface area contributed by atoms with Gasteiger partial charge in [-0.1, -0.05) is 6.92 Å². The standard InChI is InChI=1S/C14H24N2O/c1-4-11(2)16(3)10-14-8-7-13(17-14)9-15-12-5-6-12/h7-8,11-12,15H,4-6,9-10H2,1-3H3. The van der Waals surface area contributed by atoms with Crippen molar-refractivity contribution >= 4 is 0 Å². The van der Waals surface area contributed by atoms with Crippen LogP contribution >= 0.6 is 0 Å². The van der Waals surface area contributed by atoms with Gasteiger partial charge >= 0.3 is 0 Å². The van der Waals surface area contributed by atoms with Crippen LogP contribution in [-0.4, -0.2) is 24.0 Å². The molecular weight excluding hydrogens is 212 g/mol. The molecule has 1 fully saturated rings. The first-order valence-corrected chi connectivity index (χ1v) is 6.70. The fourth-order valence-electron chi connectivity index (χ4n) is 1.85. The van der Waals surface area contributed by atoms with E-state index in [0.29, 0.717) is 6.04 Å². The summed E-state index contributed by atoms with van der Waals surface area (Å²) in [5.41, 5.74) is 0. The van der Waals surface area contributed by atoms with Gasteiger partial charge in [0.2, 0.25) is 0 Å². The van der Waals surface area contributed by atoms with Crippen molar-refractivity contribution in [3.63, 3.8) is 0 Å². The lowest BCUT2D eigenvalue weighted by molar-refractivity contribution is 0.222. The van der Waals surface area contributed by atoms with Gasteiger partial charge in [0.25, 0.3) is 0 Å². The minimum absolute atomic E-state index is 0.605. The van der Waals surface area contributed by atoms with Gasteiger partial charge < -0.3 is 9.73 Å². The van der Waals surface area contributed by atoms with Crippen molar-refractivity contribution in [3.8, 4) is 0 Å². The van der Waals surface area contributed by atoms with Gasteiger partial charge in [-0.25, -0.2) is 0 Å². The average molecular weight is 236 g/mol. The quantitative estimate of drug-likeness (QED) is 0.789. The van der Waals surface area contributed by atoms with E-state index in [9.17, 15) is 0 Å². The van der Waals surface area contributed by atoms with Crippen LogP contribution in [0.15, 0.2) is 16.5 Å². The average Bonchev–Trinajstić information content (AvgIpc) is 3.06. The van der Waals surface area contributed by atoms with Gasteiger partial charge in [-0.15, -0.1) is 0 Å². The van der Waals surface area contributed by atoms with Crippen molar-refractivity contribution in [2.75, 3.05) is 7.05 Å². The highest BCUT2D eigenvalue weighted by atomic mass is 16.3. The first-order valence-electron chi connectivity index (χ1n) is 6.70. The molecule has 96 valence electrons. The SMILES string of the molecule is CCC(C)N(C)Cc1ccc(CNC2CC2)o1. The molecule has 1 aliphatic rings. The summed E-state index contributed by atoms with van der Waals surface area (Å²) in [6.45, 7) is 6.24. The van der Waals surface area contributed by atoms with Crippen molar-refractivity contribution in [3.05, 3.63) is 23.7 Å². The van der Waals surface area contributed by atoms with Gasteiger partial charge in [0.15, 0.2) is 0 Å². The number of hydrogen-bond donors (Lipinski definition) is 1. The predicted molar refractivity (Wildman–Crippen MR) is 69.8 cm³/mol. The second-order valence-electron chi connectivity index (χ2n) is 5.20. The van der Waals surface area contributed by atoms with Crippen LogP contribution in [0, 0.1) is 0 Å². The summed E-state index contributed by atoms with van der Waals surface area (Å²) >= 11 is 0. The minimum Gasteiger partial charge on any atom is -0.463 e. The van der Waals surface area contributed by atoms with Crippen LogP contribution in [-0.2, 0) is 13.1 Å². The normalized spacial score (nSPS) is 17.6. The summed E-state index contributed by atoms with van der Waals surface area (Å²) < 4.78 is 5.82. The Hall–Kier alpha value is -0.800. The van der Waals surface area contributed by atoms with E-state index >= 15 is 0 Å². The van der Waals surface area contributed by atoms with Crippen molar-refractivity contribution in [1.29, 1.82) is 0 Å². The highest BCUT2D eigenvalue weighted by molar-refractivity contribution is 5.07. The summed E-state index contributed by atoms with van der Waals surface area (Å²) in [5, 5.41) is 3.47. The largest absolute Gasteiger partial charge is 0.463 e. The third kappa shape index (κ3) is 3.86. The topological polar surface area (TPSA) is 28.4 Å². The van der Waals surface area contributed by atoms with Crippen LogP contribution in [0.4, 0.5) is 0 Å². The van der Waals surface area contributed by atoms with E-state index in [1.54, 1.807) is 0 Å². The lowest BCUT2D eigenvalue weighted by Crippen LogP contribution is -2.27. The molecule has 1 aromatic rings. The number of furan rings is 1. The van der Waals surface area contributed by atoms with Gasteiger partial charge in [-0.2, -0.15) is 0 Å². The van der Waals surface area contributed by atoms with Crippen molar-refractivity contribution in [1.82, 2.24) is 10.2 Å². The summed E-state index contributed by atoms with van der Waals surface area (Å²) in [5.74, 6) is 2.13. The molecule has 0 spiro atoms. The molecule has 0 bridgehead atoms. The lowest BCUT2D eigenvalue weighted by Gasteiger charge is -2.22. The Kier molecular flexibility index (Phi) is 4.24. The van der Waals surface area contributed by atoms with Gasteiger partial charge in [0, 0.05) is 12.1 Å². The van der Waals surface area contributed by atoms with E-state index in [2.05, 4.69) is 43.2 Å². The Balaban J connectivity index is 1.80. The van der Waals surface area contributed by atoms with E-state index in [1.807, 2.05) is 0 Å². The van der Waals surface area contributed by atoms with Crippen molar-refractivity contribution in [2.45, 2.75) is 58.3 Å². The van der Waals surface area contributed by atoms with E-state index in [1.165, 1.54) is 19.3 Å². The van der Waals surface area contributed by atoms with Gasteiger partial charge in [0.1, 0.15) is 11.5 Å². The third-order valence-corrected chi connectivity index (χ3v) is 3.61. The molecule has 17 heavy (non-hydrogen) atoms. The highest BCUT2D eigenvalue weighted by Gasteiger charge is 2.20. The summed E-state index contributed by atoms with van der Waals surface area (Å²) in [7, 11) is 2.15. The fraction of sp³-hybridized carbons (Fsp3) is 0.714. The number of nitrogens with zero attached hydrogens (tertiary/aromatic N) is 1. The predicted octanol–water partition coefficient (Wildman–Crippen LogP) is 2.76. The van der Waals surface area contributed by atoms with Gasteiger partial charge in [0.05, 0.1) is 13.1 Å². The second-order valence-corrected chi connectivity index (χ2v) is 5.20. The first-order chi connectivity index (χ1) is 8.19. The maximum absolute atomic E-state index is 5.82. The molecule has 3 heteroatoms. The van der Waals surface area contributed by atoms with Gasteiger partial charge in [-0.3, -0.25) is 4.90 Å². The van der Waals surface area contributed by atoms with Crippen LogP contribution in [0.1, 0.15) is 44.6 Å². The van der Waals surface area contributed by atoms with Crippen LogP contribution in [0.2, 0.25) is 0 Å². The summed E-state index contributed by atoms with van der Waals surface area (Å²) in [6.07, 6.45) is 3.82. The smallest absolute Gasteiger partial charge is 0.118 e. The molecule has 0 aromatic carbocycles. The maximum atomic E-state index is 5.82. The molecule has 2 rings (SSSR count). The Morgan fingerprint density at radius 3 is 2.76 bits per heavy atom. The molecule has 1 N–H and O–H groups in total. The van der Waals surface area contributed by atoms with Gasteiger partial charge in [-0.05, 0) is 45.4 Å². The Bertz CT molecular complexity index is 344. The minimum atomic E-state index is 0.605. The van der Waals surface area contributed by atoms with Crippen molar-refractivity contribution in [2.24, 2.45) is 0 Å². The Morgan fingerprint density at radius 2 is 2.12 bits per heavy atom. The Labute approximate surface area is 104 Å². The molecule has 0 saturated heterocycles. The zero-order chi connectivity index (χ0) is 12.3. The molecule has 3 nitrogen and oxygen atoms in total. The van der Waals surface area contributed by atoms with Crippen molar-refractivity contribution < 1.29 is 4.42 Å². The first kappa shape index (κ1) is 12.7. The van der Waals surface area contributed by atoms with E-state index in [0.717, 1.165) is 30.7 Å². The second kappa shape index (κ2) is 5.69. The number of rotatable bonds is 7. The van der Waals surface area contributed by atoms with Crippen LogP contribution in [0.3, 0.4) is 0 Å². The maximum Gasteiger partial charge on any atom is 0.118 e. The molecule has 1 unspecified atom stereocenters. The molecule has 1 saturated carbocycles. The monoisotopic (exact) mass is 236 g/mol. The van der Waals surface area contributed by atoms with E-state index in [-0.39, 0.29) is 0 Å². The third-order valence-electron chi connectivity index (χ3n) is 3.61. The summed E-state index contributed by atoms with van der Waals surface area (Å²) in [6, 6.07) is 5.54. The molecule has 1 atom stereocenters. The van der Waals surface area contributed by atoms with Crippen LogP contribution < -0.4 is 5.32 Å². The van der Waals surface area contributed by atoms with Crippen LogP contribution in [0.25, 0.3) is 0 Å². The molecule has 0 amide bonds. The van der Waals surface area contributed by atoms with Crippen LogP contribution in [0.5, 0.6) is 0 Å². The molecule has 1 aromatic heterocycles. The molecule has 1 heterocycles. The zero-order valence-corrected chi connectivity index (χ0v) is 11.2. The number of nitrogens with one attached hydrogen (secondary N) is 1. The fourth-order valence-corrected chi connectivity index (χ4v) is 1.85. The highest BCUT2D eigenvalue weighted by Crippen LogP contribution is 2.20.